The van der Waals surface area contributed by atoms with Gasteiger partial charge in [-0.15, -0.1) is 10.2 Å². The molecule has 36 heavy (non-hydrogen) atoms. The molecule has 0 spiro atoms. The zero-order valence-electron chi connectivity index (χ0n) is 18.7. The molecule has 3 aromatic heterocycles. The van der Waals surface area contributed by atoms with E-state index in [1.807, 2.05) is 6.07 Å². The number of ether oxygens (including phenoxy) is 1. The summed E-state index contributed by atoms with van der Waals surface area (Å²) < 4.78 is 62.8. The predicted molar refractivity (Wildman–Crippen MR) is 125 cm³/mol. The van der Waals surface area contributed by atoms with Gasteiger partial charge in [-0.2, -0.15) is 9.98 Å². The number of rotatable bonds is 6. The Bertz CT molecular complexity index is 1630. The van der Waals surface area contributed by atoms with Crippen molar-refractivity contribution in [2.24, 2.45) is 0 Å². The van der Waals surface area contributed by atoms with Gasteiger partial charge >= 0.3 is 0 Å². The summed E-state index contributed by atoms with van der Waals surface area (Å²) in [7, 11) is -4.03. The van der Waals surface area contributed by atoms with Crippen molar-refractivity contribution in [3.05, 3.63) is 35.2 Å². The highest BCUT2D eigenvalue weighted by atomic mass is 32.2. The molecule has 0 radical (unpaired) electrons. The van der Waals surface area contributed by atoms with E-state index < -0.39 is 27.0 Å². The molecule has 10 nitrogen and oxygen atoms in total. The minimum absolute atomic E-state index is 0.0670. The Morgan fingerprint density at radius 2 is 2.08 bits per heavy atom. The summed E-state index contributed by atoms with van der Waals surface area (Å²) in [4.78, 5) is 8.84. The Morgan fingerprint density at radius 3 is 2.75 bits per heavy atom. The molecule has 2 fully saturated rings. The first-order chi connectivity index (χ1) is 17.3. The van der Waals surface area contributed by atoms with Crippen molar-refractivity contribution in [3.63, 3.8) is 0 Å². The molecule has 1 saturated carbocycles. The molecular weight excluding hydrogens is 512 g/mol. The molecule has 0 bridgehead atoms. The molecule has 1 unspecified atom stereocenters. The van der Waals surface area contributed by atoms with Crippen molar-refractivity contribution in [1.29, 1.82) is 5.26 Å². The Kier molecular flexibility index (Phi) is 5.48. The third-order valence-electron chi connectivity index (χ3n) is 6.44. The molecule has 186 valence electrons. The number of alkyl halides is 2. The number of benzene rings is 1. The van der Waals surface area contributed by atoms with Crippen molar-refractivity contribution < 1.29 is 21.9 Å². The molecule has 1 atom stereocenters. The van der Waals surface area contributed by atoms with Crippen LogP contribution in [0.15, 0.2) is 29.4 Å². The van der Waals surface area contributed by atoms with E-state index in [0.29, 0.717) is 58.4 Å². The van der Waals surface area contributed by atoms with Crippen molar-refractivity contribution in [1.82, 2.24) is 29.5 Å². The van der Waals surface area contributed by atoms with Crippen LogP contribution in [0.2, 0.25) is 0 Å². The highest BCUT2D eigenvalue weighted by molar-refractivity contribution is 7.89. The van der Waals surface area contributed by atoms with Crippen molar-refractivity contribution in [2.45, 2.75) is 55.1 Å². The molecule has 6 rings (SSSR count). The summed E-state index contributed by atoms with van der Waals surface area (Å²) in [6.45, 7) is 0.595. The van der Waals surface area contributed by atoms with Crippen LogP contribution in [-0.2, 0) is 14.8 Å². The van der Waals surface area contributed by atoms with Gasteiger partial charge < -0.3 is 4.74 Å². The van der Waals surface area contributed by atoms with Gasteiger partial charge in [-0.25, -0.2) is 27.2 Å². The Morgan fingerprint density at radius 1 is 1.25 bits per heavy atom. The van der Waals surface area contributed by atoms with Crippen LogP contribution < -0.4 is 4.72 Å². The predicted octanol–water partition coefficient (Wildman–Crippen LogP) is 3.94. The minimum atomic E-state index is -4.03. The lowest BCUT2D eigenvalue weighted by molar-refractivity contribution is 0.0133. The number of aromatic nitrogens is 5. The third-order valence-corrected chi connectivity index (χ3v) is 8.89. The van der Waals surface area contributed by atoms with E-state index >= 15 is 0 Å². The number of sulfonamides is 1. The van der Waals surface area contributed by atoms with Crippen molar-refractivity contribution in [3.8, 4) is 11.2 Å². The van der Waals surface area contributed by atoms with Crippen molar-refractivity contribution >= 4 is 43.3 Å². The standard InChI is InChI=1S/C22H19F2N7O3S2/c23-18(24)20-28-29-21(35-20)31-14-9-12(36(32,33)30-22(10-25)6-7-22)4-5-13(14)16-17(26-11-27-19(16)31)15-3-1-2-8-34-15/h4-5,9,11,15,18,30H,1-3,6-8H2. The topological polar surface area (TPSA) is 136 Å². The first-order valence-corrected chi connectivity index (χ1v) is 13.6. The number of nitriles is 1. The lowest BCUT2D eigenvalue weighted by Gasteiger charge is -2.22. The van der Waals surface area contributed by atoms with E-state index in [2.05, 4.69) is 24.9 Å². The second-order valence-corrected chi connectivity index (χ2v) is 11.5. The van der Waals surface area contributed by atoms with E-state index in [1.165, 1.54) is 23.0 Å². The zero-order chi connectivity index (χ0) is 25.1. The van der Waals surface area contributed by atoms with Crippen LogP contribution in [0.3, 0.4) is 0 Å². The molecule has 0 amide bonds. The highest BCUT2D eigenvalue weighted by Crippen LogP contribution is 2.40. The molecule has 1 aliphatic heterocycles. The van der Waals surface area contributed by atoms with Crippen LogP contribution in [0.4, 0.5) is 8.78 Å². The average molecular weight is 532 g/mol. The second-order valence-electron chi connectivity index (χ2n) is 8.85. The first kappa shape index (κ1) is 23.3. The molecular formula is C22H19F2N7O3S2. The summed E-state index contributed by atoms with van der Waals surface area (Å²) in [5.41, 5.74) is 0.337. The number of nitrogens with zero attached hydrogens (tertiary/aromatic N) is 6. The number of halogens is 2. The number of hydrogen-bond acceptors (Lipinski definition) is 9. The van der Waals surface area contributed by atoms with E-state index in [4.69, 9.17) is 4.74 Å². The Hall–Kier alpha value is -3.12. The summed E-state index contributed by atoms with van der Waals surface area (Å²) >= 11 is 0.698. The minimum Gasteiger partial charge on any atom is -0.372 e. The fourth-order valence-electron chi connectivity index (χ4n) is 4.48. The fourth-order valence-corrected chi connectivity index (χ4v) is 6.59. The lowest BCUT2D eigenvalue weighted by Crippen LogP contribution is -2.35. The largest absolute Gasteiger partial charge is 0.372 e. The van der Waals surface area contributed by atoms with Gasteiger partial charge in [0, 0.05) is 12.0 Å². The number of nitrogens with one attached hydrogen (secondary N) is 1. The van der Waals surface area contributed by atoms with Crippen LogP contribution in [0.1, 0.15) is 55.3 Å². The summed E-state index contributed by atoms with van der Waals surface area (Å²) in [5.74, 6) is 0. The van der Waals surface area contributed by atoms with Crippen LogP contribution in [0.25, 0.3) is 27.1 Å². The highest BCUT2D eigenvalue weighted by Gasteiger charge is 2.46. The van der Waals surface area contributed by atoms with E-state index in [-0.39, 0.29) is 16.1 Å². The molecule has 1 aliphatic carbocycles. The van der Waals surface area contributed by atoms with E-state index in [9.17, 15) is 22.5 Å². The van der Waals surface area contributed by atoms with Gasteiger partial charge in [-0.3, -0.25) is 4.57 Å². The monoisotopic (exact) mass is 531 g/mol. The molecule has 14 heteroatoms. The smallest absolute Gasteiger partial charge is 0.291 e. The fraction of sp³-hybridized carbons (Fsp3) is 0.409. The van der Waals surface area contributed by atoms with Crippen LogP contribution in [-0.4, -0.2) is 45.3 Å². The zero-order valence-corrected chi connectivity index (χ0v) is 20.3. The molecule has 1 saturated heterocycles. The van der Waals surface area contributed by atoms with Crippen LogP contribution in [0.5, 0.6) is 0 Å². The van der Waals surface area contributed by atoms with Gasteiger partial charge in [-0.1, -0.05) is 17.4 Å². The summed E-state index contributed by atoms with van der Waals surface area (Å²) in [6, 6.07) is 6.54. The molecule has 4 heterocycles. The maximum absolute atomic E-state index is 13.3. The second kappa shape index (κ2) is 8.48. The van der Waals surface area contributed by atoms with Gasteiger partial charge in [-0.05, 0) is 44.2 Å². The van der Waals surface area contributed by atoms with Crippen LogP contribution in [0, 0.1) is 11.3 Å². The van der Waals surface area contributed by atoms with Gasteiger partial charge in [0.1, 0.15) is 18.0 Å². The number of fused-ring (bicyclic) bond motifs is 3. The Labute approximate surface area is 208 Å². The average Bonchev–Trinajstić information content (AvgIpc) is 3.32. The van der Waals surface area contributed by atoms with E-state index in [1.54, 1.807) is 6.07 Å². The quantitative estimate of drug-likeness (QED) is 0.395. The number of hydrogen-bond donors (Lipinski definition) is 1. The third kappa shape index (κ3) is 3.83. The maximum atomic E-state index is 13.3. The normalized spacial score (nSPS) is 19.7. The Balaban J connectivity index is 1.59. The summed E-state index contributed by atoms with van der Waals surface area (Å²) in [6.07, 6.45) is 1.86. The molecule has 1 N–H and O–H groups in total. The SMILES string of the molecule is N#CC1(NS(=O)(=O)c2ccc3c4c(C5CCCCO5)ncnc4n(-c4nnc(C(F)F)s4)c3c2)CC1. The van der Waals surface area contributed by atoms with E-state index in [0.717, 1.165) is 19.3 Å². The van der Waals surface area contributed by atoms with Gasteiger partial charge in [0.15, 0.2) is 10.7 Å². The summed E-state index contributed by atoms with van der Waals surface area (Å²) in [5, 5.41) is 17.8. The lowest BCUT2D eigenvalue weighted by atomic mass is 10.0. The van der Waals surface area contributed by atoms with Crippen molar-refractivity contribution in [2.75, 3.05) is 6.61 Å². The van der Waals surface area contributed by atoms with Gasteiger partial charge in [0.25, 0.3) is 6.43 Å². The maximum Gasteiger partial charge on any atom is 0.291 e. The van der Waals surface area contributed by atoms with Gasteiger partial charge in [0.05, 0.1) is 27.6 Å². The van der Waals surface area contributed by atoms with Crippen LogP contribution >= 0.6 is 11.3 Å². The van der Waals surface area contributed by atoms with Gasteiger partial charge in [0.2, 0.25) is 15.2 Å². The first-order valence-electron chi connectivity index (χ1n) is 11.3. The molecule has 1 aromatic carbocycles. The molecule has 4 aromatic rings. The molecule has 2 aliphatic rings.